The predicted molar refractivity (Wildman–Crippen MR) is 101 cm³/mol. The first-order chi connectivity index (χ1) is 13.5. The molecule has 0 spiro atoms. The number of esters is 2. The summed E-state index contributed by atoms with van der Waals surface area (Å²) in [5, 5.41) is 11.7. The number of hydrogen-bond acceptors (Lipinski definition) is 6. The lowest BCUT2D eigenvalue weighted by atomic mass is 10.1. The third kappa shape index (κ3) is 7.20. The molecule has 0 aliphatic carbocycles. The number of carbonyl (C=O) groups excluding carboxylic acids is 2. The molecule has 0 bridgehead atoms. The van der Waals surface area contributed by atoms with Gasteiger partial charge in [-0.25, -0.2) is 0 Å². The Morgan fingerprint density at radius 3 is 1.89 bits per heavy atom. The summed E-state index contributed by atoms with van der Waals surface area (Å²) in [6.45, 7) is 1.48. The average Bonchev–Trinajstić information content (AvgIpc) is 2.71. The standard InChI is InChI=1S/C21H23NO6/c1-15(20(24)25)22-18(21(26)28-14-17-10-6-3-7-11-17)12-19(23)27-13-16-8-4-2-5-9-16/h2-11,15,18,22H,12-14H2,1H3,(H,24,25)/t15?,18-/m0/s1. The minimum absolute atomic E-state index is 0.0262. The number of carboxylic acid groups (broad SMARTS) is 1. The summed E-state index contributed by atoms with van der Waals surface area (Å²) in [6, 6.07) is 16.0. The highest BCUT2D eigenvalue weighted by molar-refractivity contribution is 5.83. The van der Waals surface area contributed by atoms with Crippen molar-refractivity contribution in [3.8, 4) is 0 Å². The van der Waals surface area contributed by atoms with Gasteiger partial charge in [0.15, 0.2) is 0 Å². The van der Waals surface area contributed by atoms with Crippen LogP contribution in [0.5, 0.6) is 0 Å². The molecular weight excluding hydrogens is 362 g/mol. The number of rotatable bonds is 10. The minimum Gasteiger partial charge on any atom is -0.480 e. The quantitative estimate of drug-likeness (QED) is 0.605. The van der Waals surface area contributed by atoms with Crippen molar-refractivity contribution in [1.82, 2.24) is 5.32 Å². The lowest BCUT2D eigenvalue weighted by Gasteiger charge is -2.19. The Kier molecular flexibility index (Phi) is 8.17. The number of hydrogen-bond donors (Lipinski definition) is 2. The molecule has 0 heterocycles. The van der Waals surface area contributed by atoms with E-state index in [1.165, 1.54) is 6.92 Å². The molecule has 7 nitrogen and oxygen atoms in total. The van der Waals surface area contributed by atoms with Gasteiger partial charge < -0.3 is 14.6 Å². The molecule has 2 aromatic rings. The Balaban J connectivity index is 1.94. The molecule has 0 amide bonds. The summed E-state index contributed by atoms with van der Waals surface area (Å²) in [7, 11) is 0. The summed E-state index contributed by atoms with van der Waals surface area (Å²) in [6.07, 6.45) is -0.335. The van der Waals surface area contributed by atoms with Crippen molar-refractivity contribution in [1.29, 1.82) is 0 Å². The van der Waals surface area contributed by atoms with Crippen LogP contribution < -0.4 is 5.32 Å². The molecule has 0 radical (unpaired) electrons. The van der Waals surface area contributed by atoms with Crippen LogP contribution in [-0.4, -0.2) is 35.1 Å². The lowest BCUT2D eigenvalue weighted by molar-refractivity contribution is -0.155. The Labute approximate surface area is 163 Å². The van der Waals surface area contributed by atoms with E-state index < -0.39 is 30.0 Å². The van der Waals surface area contributed by atoms with Crippen LogP contribution in [0.4, 0.5) is 0 Å². The summed E-state index contributed by atoms with van der Waals surface area (Å²) in [5.74, 6) is -2.48. The first-order valence-corrected chi connectivity index (χ1v) is 8.84. The second kappa shape index (κ2) is 10.8. The summed E-state index contributed by atoms with van der Waals surface area (Å²) >= 11 is 0. The van der Waals surface area contributed by atoms with Gasteiger partial charge in [0.05, 0.1) is 6.42 Å². The highest BCUT2D eigenvalue weighted by Gasteiger charge is 2.28. The first-order valence-electron chi connectivity index (χ1n) is 8.84. The van der Waals surface area contributed by atoms with Crippen LogP contribution in [-0.2, 0) is 37.1 Å². The number of aliphatic carboxylic acids is 1. The van der Waals surface area contributed by atoms with Gasteiger partial charge in [0, 0.05) is 0 Å². The molecule has 0 aliphatic heterocycles. The first kappa shape index (κ1) is 21.1. The molecule has 2 atom stereocenters. The lowest BCUT2D eigenvalue weighted by Crippen LogP contribution is -2.47. The predicted octanol–water partition coefficient (Wildman–Crippen LogP) is 2.29. The van der Waals surface area contributed by atoms with Crippen LogP contribution in [0.1, 0.15) is 24.5 Å². The molecule has 2 rings (SSSR count). The van der Waals surface area contributed by atoms with Crippen LogP contribution in [0.3, 0.4) is 0 Å². The molecule has 0 aliphatic rings. The van der Waals surface area contributed by atoms with E-state index in [-0.39, 0.29) is 19.6 Å². The number of ether oxygens (including phenoxy) is 2. The van der Waals surface area contributed by atoms with Gasteiger partial charge in [-0.05, 0) is 18.1 Å². The Morgan fingerprint density at radius 2 is 1.39 bits per heavy atom. The molecule has 0 saturated heterocycles. The van der Waals surface area contributed by atoms with E-state index in [1.807, 2.05) is 48.5 Å². The summed E-state index contributed by atoms with van der Waals surface area (Å²) in [5.41, 5.74) is 1.60. The monoisotopic (exact) mass is 385 g/mol. The Morgan fingerprint density at radius 1 is 0.893 bits per heavy atom. The van der Waals surface area contributed by atoms with Gasteiger partial charge >= 0.3 is 17.9 Å². The van der Waals surface area contributed by atoms with Gasteiger partial charge in [-0.3, -0.25) is 19.7 Å². The molecule has 0 aromatic heterocycles. The number of carboxylic acids is 1. The zero-order chi connectivity index (χ0) is 20.4. The van der Waals surface area contributed by atoms with Gasteiger partial charge in [-0.15, -0.1) is 0 Å². The van der Waals surface area contributed by atoms with Gasteiger partial charge in [0.25, 0.3) is 0 Å². The fourth-order valence-corrected chi connectivity index (χ4v) is 2.38. The van der Waals surface area contributed by atoms with E-state index in [1.54, 1.807) is 12.1 Å². The molecule has 7 heteroatoms. The van der Waals surface area contributed by atoms with Crippen molar-refractivity contribution in [3.63, 3.8) is 0 Å². The molecule has 1 unspecified atom stereocenters. The number of carbonyl (C=O) groups is 3. The molecule has 0 fully saturated rings. The Bertz CT molecular complexity index is 778. The van der Waals surface area contributed by atoms with E-state index in [0.717, 1.165) is 11.1 Å². The van der Waals surface area contributed by atoms with Gasteiger partial charge in [-0.2, -0.15) is 0 Å². The molecule has 0 saturated carbocycles. The van der Waals surface area contributed by atoms with E-state index in [4.69, 9.17) is 14.6 Å². The average molecular weight is 385 g/mol. The maximum absolute atomic E-state index is 12.4. The van der Waals surface area contributed by atoms with Crippen molar-refractivity contribution in [2.45, 2.75) is 38.6 Å². The zero-order valence-corrected chi connectivity index (χ0v) is 15.5. The van der Waals surface area contributed by atoms with E-state index >= 15 is 0 Å². The molecule has 2 N–H and O–H groups in total. The topological polar surface area (TPSA) is 102 Å². The highest BCUT2D eigenvalue weighted by Crippen LogP contribution is 2.07. The number of benzene rings is 2. The van der Waals surface area contributed by atoms with Gasteiger partial charge in [0.2, 0.25) is 0 Å². The van der Waals surface area contributed by atoms with Crippen LogP contribution in [0.15, 0.2) is 60.7 Å². The fourth-order valence-electron chi connectivity index (χ4n) is 2.38. The molecule has 28 heavy (non-hydrogen) atoms. The van der Waals surface area contributed by atoms with Crippen LogP contribution in [0.2, 0.25) is 0 Å². The third-order valence-electron chi connectivity index (χ3n) is 3.94. The van der Waals surface area contributed by atoms with Crippen LogP contribution in [0.25, 0.3) is 0 Å². The van der Waals surface area contributed by atoms with Crippen molar-refractivity contribution in [2.24, 2.45) is 0 Å². The normalized spacial score (nSPS) is 12.6. The Hall–Kier alpha value is -3.19. The fraction of sp³-hybridized carbons (Fsp3) is 0.286. The smallest absolute Gasteiger partial charge is 0.324 e. The van der Waals surface area contributed by atoms with E-state index in [9.17, 15) is 14.4 Å². The molecular formula is C21H23NO6. The van der Waals surface area contributed by atoms with Gasteiger partial charge in [0.1, 0.15) is 25.3 Å². The maximum atomic E-state index is 12.4. The largest absolute Gasteiger partial charge is 0.480 e. The molecule has 2 aromatic carbocycles. The second-order valence-electron chi connectivity index (χ2n) is 6.22. The second-order valence-corrected chi connectivity index (χ2v) is 6.22. The maximum Gasteiger partial charge on any atom is 0.324 e. The van der Waals surface area contributed by atoms with Crippen molar-refractivity contribution < 1.29 is 29.0 Å². The highest BCUT2D eigenvalue weighted by atomic mass is 16.5. The van der Waals surface area contributed by atoms with Crippen molar-refractivity contribution in [3.05, 3.63) is 71.8 Å². The van der Waals surface area contributed by atoms with Crippen molar-refractivity contribution >= 4 is 17.9 Å². The van der Waals surface area contributed by atoms with Crippen LogP contribution in [0, 0.1) is 0 Å². The minimum atomic E-state index is -1.14. The summed E-state index contributed by atoms with van der Waals surface area (Å²) < 4.78 is 10.4. The SMILES string of the molecule is CC(N[C@@H](CC(=O)OCc1ccccc1)C(=O)OCc1ccccc1)C(=O)O. The van der Waals surface area contributed by atoms with Crippen molar-refractivity contribution in [2.75, 3.05) is 0 Å². The number of nitrogens with one attached hydrogen (secondary N) is 1. The summed E-state index contributed by atoms with van der Waals surface area (Å²) in [4.78, 5) is 35.6. The van der Waals surface area contributed by atoms with Gasteiger partial charge in [-0.1, -0.05) is 60.7 Å². The van der Waals surface area contributed by atoms with E-state index in [2.05, 4.69) is 5.32 Å². The van der Waals surface area contributed by atoms with E-state index in [0.29, 0.717) is 0 Å². The third-order valence-corrected chi connectivity index (χ3v) is 3.94. The zero-order valence-electron chi connectivity index (χ0n) is 15.5. The molecule has 148 valence electrons. The van der Waals surface area contributed by atoms with Crippen LogP contribution >= 0.6 is 0 Å².